The van der Waals surface area contributed by atoms with Crippen molar-refractivity contribution in [2.75, 3.05) is 16.4 Å². The van der Waals surface area contributed by atoms with Gasteiger partial charge in [-0.05, 0) is 37.1 Å². The summed E-state index contributed by atoms with van der Waals surface area (Å²) in [7, 11) is 0. The van der Waals surface area contributed by atoms with Crippen LogP contribution in [0.25, 0.3) is 0 Å². The van der Waals surface area contributed by atoms with Gasteiger partial charge in [-0.1, -0.05) is 25.5 Å². The molecule has 2 rings (SSSR count). The molecule has 2 amide bonds. The largest absolute Gasteiger partial charge is 0.320 e. The second kappa shape index (κ2) is 10.4. The van der Waals surface area contributed by atoms with Gasteiger partial charge in [-0.25, -0.2) is 4.98 Å². The number of benzene rings is 1. The number of aromatic nitrogens is 1. The van der Waals surface area contributed by atoms with Gasteiger partial charge in [-0.2, -0.15) is 0 Å². The van der Waals surface area contributed by atoms with E-state index in [1.807, 2.05) is 6.92 Å². The van der Waals surface area contributed by atoms with Gasteiger partial charge in [-0.3, -0.25) is 19.7 Å². The van der Waals surface area contributed by atoms with Gasteiger partial charge < -0.3 is 10.6 Å². The molecule has 0 aliphatic rings. The van der Waals surface area contributed by atoms with Gasteiger partial charge >= 0.3 is 0 Å². The molecule has 28 heavy (non-hydrogen) atoms. The first-order valence-electron chi connectivity index (χ1n) is 8.79. The Kier molecular flexibility index (Phi) is 7.94. The Hall–Kier alpha value is -2.94. The number of anilines is 2. The van der Waals surface area contributed by atoms with Crippen molar-refractivity contribution in [1.29, 1.82) is 0 Å². The number of aryl methyl sites for hydroxylation is 1. The fourth-order valence-electron chi connectivity index (χ4n) is 2.46. The smallest absolute Gasteiger partial charge is 0.293 e. The van der Waals surface area contributed by atoms with E-state index < -0.39 is 16.1 Å². The number of amides is 2. The third-order valence-electron chi connectivity index (χ3n) is 3.80. The standard InChI is InChI=1S/C19H22N4O4S/c1-3-6-16(19(25)22-17-7-4-5-10-20-17)28-12-18(24)21-14-9-8-13(2)11-15(14)23(26)27/h4-5,7-11,16H,3,6,12H2,1-2H3,(H,21,24)(H,20,22,25). The van der Waals surface area contributed by atoms with E-state index in [4.69, 9.17) is 0 Å². The minimum atomic E-state index is -0.532. The van der Waals surface area contributed by atoms with E-state index in [-0.39, 0.29) is 23.0 Å². The predicted molar refractivity (Wildman–Crippen MR) is 110 cm³/mol. The Balaban J connectivity index is 1.97. The van der Waals surface area contributed by atoms with Crippen LogP contribution >= 0.6 is 11.8 Å². The number of hydrogen-bond acceptors (Lipinski definition) is 6. The van der Waals surface area contributed by atoms with Crippen molar-refractivity contribution in [2.45, 2.75) is 31.9 Å². The minimum Gasteiger partial charge on any atom is -0.320 e. The van der Waals surface area contributed by atoms with Crippen LogP contribution in [0.1, 0.15) is 25.3 Å². The van der Waals surface area contributed by atoms with Crippen LogP contribution in [0.3, 0.4) is 0 Å². The van der Waals surface area contributed by atoms with Crippen LogP contribution in [-0.2, 0) is 9.59 Å². The van der Waals surface area contributed by atoms with E-state index in [2.05, 4.69) is 15.6 Å². The quantitative estimate of drug-likeness (QED) is 0.487. The third-order valence-corrected chi connectivity index (χ3v) is 5.08. The second-order valence-corrected chi connectivity index (χ2v) is 7.31. The number of pyridine rings is 1. The van der Waals surface area contributed by atoms with Gasteiger partial charge in [-0.15, -0.1) is 11.8 Å². The Morgan fingerprint density at radius 2 is 2.04 bits per heavy atom. The molecule has 1 heterocycles. The van der Waals surface area contributed by atoms with Gasteiger partial charge in [0.1, 0.15) is 11.5 Å². The highest BCUT2D eigenvalue weighted by atomic mass is 32.2. The number of nitrogens with zero attached hydrogens (tertiary/aromatic N) is 2. The normalized spacial score (nSPS) is 11.5. The summed E-state index contributed by atoms with van der Waals surface area (Å²) < 4.78 is 0. The summed E-state index contributed by atoms with van der Waals surface area (Å²) in [4.78, 5) is 39.4. The first-order chi connectivity index (χ1) is 13.4. The molecule has 0 saturated carbocycles. The van der Waals surface area contributed by atoms with Crippen molar-refractivity contribution >= 4 is 40.8 Å². The molecule has 0 spiro atoms. The summed E-state index contributed by atoms with van der Waals surface area (Å²) in [5, 5.41) is 16.0. The van der Waals surface area contributed by atoms with Gasteiger partial charge in [0.15, 0.2) is 0 Å². The molecule has 1 unspecified atom stereocenters. The number of rotatable bonds is 9. The SMILES string of the molecule is CCCC(SCC(=O)Nc1ccc(C)cc1[N+](=O)[O-])C(=O)Nc1ccccn1. The maximum absolute atomic E-state index is 12.5. The predicted octanol–water partition coefficient (Wildman–Crippen LogP) is 3.78. The average Bonchev–Trinajstić information content (AvgIpc) is 2.67. The summed E-state index contributed by atoms with van der Waals surface area (Å²) in [5.74, 6) is -0.164. The van der Waals surface area contributed by atoms with Crippen LogP contribution in [0.2, 0.25) is 0 Å². The first-order valence-corrected chi connectivity index (χ1v) is 9.84. The Bertz CT molecular complexity index is 845. The topological polar surface area (TPSA) is 114 Å². The van der Waals surface area contributed by atoms with E-state index in [1.54, 1.807) is 37.4 Å². The molecule has 9 heteroatoms. The maximum atomic E-state index is 12.5. The van der Waals surface area contributed by atoms with Crippen LogP contribution in [0, 0.1) is 17.0 Å². The molecule has 1 aromatic heterocycles. The fraction of sp³-hybridized carbons (Fsp3) is 0.316. The van der Waals surface area contributed by atoms with Gasteiger partial charge in [0.25, 0.3) is 5.69 Å². The van der Waals surface area contributed by atoms with E-state index in [0.717, 1.165) is 12.0 Å². The lowest BCUT2D eigenvalue weighted by molar-refractivity contribution is -0.384. The highest BCUT2D eigenvalue weighted by Crippen LogP contribution is 2.26. The van der Waals surface area contributed by atoms with Crippen molar-refractivity contribution in [3.05, 3.63) is 58.3 Å². The average molecular weight is 402 g/mol. The highest BCUT2D eigenvalue weighted by Gasteiger charge is 2.21. The Labute approximate surface area is 167 Å². The summed E-state index contributed by atoms with van der Waals surface area (Å²) >= 11 is 1.20. The molecule has 0 bridgehead atoms. The number of thioether (sulfide) groups is 1. The summed E-state index contributed by atoms with van der Waals surface area (Å²) in [6.07, 6.45) is 2.96. The van der Waals surface area contributed by atoms with Crippen LogP contribution in [0.15, 0.2) is 42.6 Å². The van der Waals surface area contributed by atoms with Crippen molar-refractivity contribution in [1.82, 2.24) is 4.98 Å². The van der Waals surface area contributed by atoms with Crippen molar-refractivity contribution in [2.24, 2.45) is 0 Å². The number of hydrogen-bond donors (Lipinski definition) is 2. The molecule has 148 valence electrons. The summed E-state index contributed by atoms with van der Waals surface area (Å²) in [6.45, 7) is 3.70. The highest BCUT2D eigenvalue weighted by molar-refractivity contribution is 8.01. The molecule has 1 aromatic carbocycles. The molecule has 0 radical (unpaired) electrons. The van der Waals surface area contributed by atoms with Crippen LogP contribution in [0.5, 0.6) is 0 Å². The molecule has 0 aliphatic carbocycles. The number of nitrogens with one attached hydrogen (secondary N) is 2. The molecule has 1 atom stereocenters. The van der Waals surface area contributed by atoms with Crippen LogP contribution < -0.4 is 10.6 Å². The molecular formula is C19H22N4O4S. The molecule has 2 N–H and O–H groups in total. The van der Waals surface area contributed by atoms with Crippen molar-refractivity contribution in [3.63, 3.8) is 0 Å². The van der Waals surface area contributed by atoms with Crippen LogP contribution in [0.4, 0.5) is 17.2 Å². The van der Waals surface area contributed by atoms with E-state index in [0.29, 0.717) is 12.2 Å². The summed E-state index contributed by atoms with van der Waals surface area (Å²) in [6, 6.07) is 9.82. The lowest BCUT2D eigenvalue weighted by Gasteiger charge is -2.15. The van der Waals surface area contributed by atoms with Crippen molar-refractivity contribution in [3.8, 4) is 0 Å². The lowest BCUT2D eigenvalue weighted by atomic mass is 10.2. The Morgan fingerprint density at radius 1 is 1.25 bits per heavy atom. The number of carbonyl (C=O) groups is 2. The zero-order valence-electron chi connectivity index (χ0n) is 15.7. The molecule has 0 aliphatic heterocycles. The molecule has 2 aromatic rings. The molecule has 8 nitrogen and oxygen atoms in total. The number of carbonyl (C=O) groups excluding carboxylic acids is 2. The van der Waals surface area contributed by atoms with Crippen molar-refractivity contribution < 1.29 is 14.5 Å². The number of nitro benzene ring substituents is 1. The second-order valence-electron chi connectivity index (χ2n) is 6.12. The van der Waals surface area contributed by atoms with Crippen LogP contribution in [-0.4, -0.2) is 32.7 Å². The van der Waals surface area contributed by atoms with E-state index >= 15 is 0 Å². The van der Waals surface area contributed by atoms with Gasteiger partial charge in [0.2, 0.25) is 11.8 Å². The number of nitro groups is 1. The first kappa shape index (κ1) is 21.4. The van der Waals surface area contributed by atoms with E-state index in [1.165, 1.54) is 23.9 Å². The Morgan fingerprint density at radius 3 is 2.68 bits per heavy atom. The minimum absolute atomic E-state index is 0.00529. The monoisotopic (exact) mass is 402 g/mol. The fourth-order valence-corrected chi connectivity index (χ4v) is 3.49. The molecule has 0 saturated heterocycles. The van der Waals surface area contributed by atoms with Gasteiger partial charge in [0, 0.05) is 12.3 Å². The molecular weight excluding hydrogens is 380 g/mol. The zero-order chi connectivity index (χ0) is 20.5. The third kappa shape index (κ3) is 6.34. The zero-order valence-corrected chi connectivity index (χ0v) is 16.5. The lowest BCUT2D eigenvalue weighted by Crippen LogP contribution is -2.27. The van der Waals surface area contributed by atoms with Gasteiger partial charge in [0.05, 0.1) is 15.9 Å². The maximum Gasteiger partial charge on any atom is 0.293 e. The van der Waals surface area contributed by atoms with E-state index in [9.17, 15) is 19.7 Å². The molecule has 0 fully saturated rings. The summed E-state index contributed by atoms with van der Waals surface area (Å²) in [5.41, 5.74) is 0.718.